The van der Waals surface area contributed by atoms with Gasteiger partial charge >= 0.3 is 6.09 Å². The molecule has 4 rings (SSSR count). The van der Waals surface area contributed by atoms with Gasteiger partial charge in [-0.15, -0.1) is 0 Å². The van der Waals surface area contributed by atoms with Gasteiger partial charge in [-0.2, -0.15) is 0 Å². The average Bonchev–Trinajstić information content (AvgIpc) is 3.16. The van der Waals surface area contributed by atoms with E-state index in [9.17, 15) is 14.3 Å². The quantitative estimate of drug-likeness (QED) is 0.355. The number of nitrogens with zero attached hydrogens (tertiary/aromatic N) is 2. The number of carboxylic acid groups (broad SMARTS) is 1. The predicted molar refractivity (Wildman–Crippen MR) is 163 cm³/mol. The van der Waals surface area contributed by atoms with Crippen molar-refractivity contribution in [3.63, 3.8) is 0 Å². The molecule has 40 heavy (non-hydrogen) atoms. The van der Waals surface area contributed by atoms with E-state index < -0.39 is 19.9 Å². The van der Waals surface area contributed by atoms with Crippen LogP contribution in [0.3, 0.4) is 0 Å². The summed E-state index contributed by atoms with van der Waals surface area (Å²) < 4.78 is 20.7. The Balaban J connectivity index is 1.57. The van der Waals surface area contributed by atoms with Gasteiger partial charge in [-0.1, -0.05) is 45.0 Å². The second-order valence-corrected chi connectivity index (χ2v) is 19.0. The van der Waals surface area contributed by atoms with E-state index >= 15 is 0 Å². The van der Waals surface area contributed by atoms with Crippen LogP contribution in [-0.4, -0.2) is 47.1 Å². The summed E-state index contributed by atoms with van der Waals surface area (Å²) in [5.74, 6) is 0.895. The zero-order valence-electron chi connectivity index (χ0n) is 25.4. The second-order valence-electron chi connectivity index (χ2n) is 14.3. The highest BCUT2D eigenvalue weighted by Crippen LogP contribution is 2.51. The van der Waals surface area contributed by atoms with Crippen molar-refractivity contribution in [2.24, 2.45) is 17.8 Å². The maximum Gasteiger partial charge on any atom is 0.407 e. The molecule has 2 saturated carbocycles. The van der Waals surface area contributed by atoms with Gasteiger partial charge in [-0.05, 0) is 106 Å². The van der Waals surface area contributed by atoms with Crippen LogP contribution in [-0.2, 0) is 4.43 Å². The minimum atomic E-state index is -2.01. The van der Waals surface area contributed by atoms with E-state index in [-0.39, 0.29) is 28.9 Å². The van der Waals surface area contributed by atoms with Gasteiger partial charge in [-0.25, -0.2) is 9.18 Å². The van der Waals surface area contributed by atoms with Crippen molar-refractivity contribution in [2.75, 3.05) is 0 Å². The van der Waals surface area contributed by atoms with Crippen molar-refractivity contribution in [3.05, 3.63) is 60.2 Å². The Morgan fingerprint density at radius 1 is 1.07 bits per heavy atom. The van der Waals surface area contributed by atoms with Crippen LogP contribution in [0.4, 0.5) is 9.18 Å². The smallest absolute Gasteiger partial charge is 0.407 e. The second kappa shape index (κ2) is 11.4. The van der Waals surface area contributed by atoms with E-state index in [1.165, 1.54) is 12.1 Å². The molecule has 5 nitrogen and oxygen atoms in total. The van der Waals surface area contributed by atoms with Crippen LogP contribution in [0.15, 0.2) is 48.7 Å². The zero-order chi connectivity index (χ0) is 29.5. The molecule has 2 aromatic rings. The van der Waals surface area contributed by atoms with E-state index in [0.717, 1.165) is 42.5 Å². The minimum Gasteiger partial charge on any atom is -0.465 e. The maximum atomic E-state index is 13.7. The minimum absolute atomic E-state index is 0.0343. The van der Waals surface area contributed by atoms with E-state index in [4.69, 9.17) is 4.43 Å². The topological polar surface area (TPSA) is 62.7 Å². The molecule has 1 aromatic carbocycles. The molecule has 218 valence electrons. The SMILES string of the molecule is CC(C)(C)N(C(=O)O)C1CC[C@@H]2[C@H](C1)C[C@@H](O[Si](C)(C)C(C)(C)C)[C@H]2C=Cc1ccc(-c2cccc(F)c2)cn1. The number of carbonyl (C=O) groups is 1. The lowest BCUT2D eigenvalue weighted by atomic mass is 9.74. The Hall–Kier alpha value is -2.51. The molecule has 0 saturated heterocycles. The molecule has 0 spiro atoms. The molecule has 0 radical (unpaired) electrons. The number of hydrogen-bond acceptors (Lipinski definition) is 3. The molecule has 0 bridgehead atoms. The van der Waals surface area contributed by atoms with Gasteiger partial charge < -0.3 is 14.4 Å². The third-order valence-corrected chi connectivity index (χ3v) is 14.0. The summed E-state index contributed by atoms with van der Waals surface area (Å²) in [6.07, 6.45) is 9.21. The van der Waals surface area contributed by atoms with Gasteiger partial charge in [0, 0.05) is 29.3 Å². The molecule has 1 unspecified atom stereocenters. The highest BCUT2D eigenvalue weighted by atomic mass is 28.4. The van der Waals surface area contributed by atoms with Crippen LogP contribution < -0.4 is 0 Å². The fourth-order valence-corrected chi connectivity index (χ4v) is 7.86. The number of halogens is 1. The molecule has 5 atom stereocenters. The Labute approximate surface area is 241 Å². The normalized spacial score (nSPS) is 25.7. The lowest BCUT2D eigenvalue weighted by molar-refractivity contribution is 0.0374. The first-order valence-electron chi connectivity index (χ1n) is 14.7. The molecule has 1 amide bonds. The fraction of sp³-hybridized carbons (Fsp3) is 0.576. The number of aromatic nitrogens is 1. The highest BCUT2D eigenvalue weighted by molar-refractivity contribution is 6.74. The number of pyridine rings is 1. The van der Waals surface area contributed by atoms with Crippen LogP contribution in [0, 0.1) is 23.6 Å². The predicted octanol–water partition coefficient (Wildman–Crippen LogP) is 8.87. The third-order valence-electron chi connectivity index (χ3n) is 9.45. The molecule has 1 N–H and O–H groups in total. The number of hydrogen-bond donors (Lipinski definition) is 1. The monoisotopic (exact) mass is 566 g/mol. The van der Waals surface area contributed by atoms with Gasteiger partial charge in [0.1, 0.15) is 5.82 Å². The molecule has 7 heteroatoms. The van der Waals surface area contributed by atoms with Crippen molar-refractivity contribution in [2.45, 2.75) is 103 Å². The Bertz CT molecular complexity index is 1220. The summed E-state index contributed by atoms with van der Waals surface area (Å²) in [6, 6.07) is 10.6. The zero-order valence-corrected chi connectivity index (χ0v) is 26.4. The molecule has 2 aliphatic rings. The molecule has 0 aliphatic heterocycles. The number of rotatable bonds is 6. The number of fused-ring (bicyclic) bond motifs is 1. The summed E-state index contributed by atoms with van der Waals surface area (Å²) in [4.78, 5) is 18.6. The van der Waals surface area contributed by atoms with Gasteiger partial charge in [0.05, 0.1) is 11.8 Å². The van der Waals surface area contributed by atoms with Crippen molar-refractivity contribution < 1.29 is 18.7 Å². The largest absolute Gasteiger partial charge is 0.465 e. The van der Waals surface area contributed by atoms with Crippen molar-refractivity contribution in [1.29, 1.82) is 0 Å². The van der Waals surface area contributed by atoms with E-state index in [0.29, 0.717) is 11.8 Å². The summed E-state index contributed by atoms with van der Waals surface area (Å²) in [7, 11) is -2.01. The fourth-order valence-electron chi connectivity index (χ4n) is 6.50. The first kappa shape index (κ1) is 30.4. The summed E-state index contributed by atoms with van der Waals surface area (Å²) in [5, 5.41) is 10.1. The van der Waals surface area contributed by atoms with Crippen LogP contribution in [0.1, 0.15) is 72.9 Å². The van der Waals surface area contributed by atoms with Gasteiger partial charge in [-0.3, -0.25) is 4.98 Å². The standard InChI is InChI=1S/C33H47FN2O3Si/c1-32(2,3)36(31(37)38)27-15-17-28-24(19-27)20-30(39-40(7,8)33(4,5)6)29(28)16-14-26-13-12-23(21-35-26)22-10-9-11-25(34)18-22/h9-14,16,18,21,24,27-30H,15,17,19-20H2,1-8H3,(H,37,38)/t24-,27?,28-,29+,30-/m1/s1. The Morgan fingerprint density at radius 2 is 1.80 bits per heavy atom. The van der Waals surface area contributed by atoms with Crippen LogP contribution in [0.5, 0.6) is 0 Å². The number of amides is 1. The van der Waals surface area contributed by atoms with Crippen LogP contribution >= 0.6 is 0 Å². The molecule has 1 aromatic heterocycles. The van der Waals surface area contributed by atoms with Gasteiger partial charge in [0.2, 0.25) is 0 Å². The summed E-state index contributed by atoms with van der Waals surface area (Å²) in [5.41, 5.74) is 2.14. The van der Waals surface area contributed by atoms with Crippen molar-refractivity contribution >= 4 is 20.5 Å². The van der Waals surface area contributed by atoms with E-state index in [1.54, 1.807) is 17.2 Å². The first-order valence-corrected chi connectivity index (χ1v) is 17.6. The van der Waals surface area contributed by atoms with Gasteiger partial charge in [0.25, 0.3) is 0 Å². The summed E-state index contributed by atoms with van der Waals surface area (Å²) in [6.45, 7) is 17.4. The van der Waals surface area contributed by atoms with Crippen molar-refractivity contribution in [1.82, 2.24) is 9.88 Å². The Kier molecular flexibility index (Phi) is 8.68. The molecule has 1 heterocycles. The molecule has 2 aliphatic carbocycles. The number of benzene rings is 1. The first-order chi connectivity index (χ1) is 18.6. The Morgan fingerprint density at radius 3 is 2.38 bits per heavy atom. The molecule has 2 fully saturated rings. The van der Waals surface area contributed by atoms with Crippen molar-refractivity contribution in [3.8, 4) is 11.1 Å². The van der Waals surface area contributed by atoms with Gasteiger partial charge in [0.15, 0.2) is 8.32 Å². The molecular formula is C33H47FN2O3Si. The van der Waals surface area contributed by atoms with Crippen LogP contribution in [0.25, 0.3) is 17.2 Å². The molecular weight excluding hydrogens is 519 g/mol. The lowest BCUT2D eigenvalue weighted by Crippen LogP contribution is -2.53. The highest BCUT2D eigenvalue weighted by Gasteiger charge is 2.50. The third kappa shape index (κ3) is 6.68. The van der Waals surface area contributed by atoms with E-state index in [1.807, 2.05) is 39.0 Å². The average molecular weight is 567 g/mol. The maximum absolute atomic E-state index is 13.7. The summed E-state index contributed by atoms with van der Waals surface area (Å²) >= 11 is 0. The van der Waals surface area contributed by atoms with E-state index in [2.05, 4.69) is 51.0 Å². The van der Waals surface area contributed by atoms with Crippen LogP contribution in [0.2, 0.25) is 18.1 Å². The lowest BCUT2D eigenvalue weighted by Gasteiger charge is -2.44.